The number of carbonyl (C=O) groups excluding carboxylic acids is 1. The molecule has 0 unspecified atom stereocenters. The van der Waals surface area contributed by atoms with E-state index >= 15 is 0 Å². The Balaban J connectivity index is 1.71. The molecule has 0 aliphatic rings. The fraction of sp³-hybridized carbons (Fsp3) is 0.208. The fourth-order valence-corrected chi connectivity index (χ4v) is 4.29. The van der Waals surface area contributed by atoms with Gasteiger partial charge in [0.05, 0.1) is 25.7 Å². The van der Waals surface area contributed by atoms with Gasteiger partial charge < -0.3 is 14.8 Å². The van der Waals surface area contributed by atoms with Crippen LogP contribution in [0.2, 0.25) is 0 Å². The summed E-state index contributed by atoms with van der Waals surface area (Å²) in [6.45, 7) is 0. The third-order valence-electron chi connectivity index (χ3n) is 5.32. The maximum atomic E-state index is 13.0. The van der Waals surface area contributed by atoms with Crippen molar-refractivity contribution in [2.24, 2.45) is 14.1 Å². The molecule has 0 atom stereocenters. The molecule has 4 aromatic rings. The van der Waals surface area contributed by atoms with Crippen LogP contribution in [-0.2, 0) is 18.9 Å². The highest BCUT2D eigenvalue weighted by atomic mass is 32.2. The number of rotatable bonds is 7. The largest absolute Gasteiger partial charge is 0.497 e. The average Bonchev–Trinajstić information content (AvgIpc) is 2.89. The molecule has 10 nitrogen and oxygen atoms in total. The number of hydrogen-bond acceptors (Lipinski definition) is 8. The minimum absolute atomic E-state index is 0.0402. The molecular formula is C24H23N5O5S. The summed E-state index contributed by atoms with van der Waals surface area (Å²) in [6.07, 6.45) is 0. The lowest BCUT2D eigenvalue weighted by Gasteiger charge is -2.13. The molecule has 0 spiro atoms. The highest BCUT2D eigenvalue weighted by molar-refractivity contribution is 8.00. The summed E-state index contributed by atoms with van der Waals surface area (Å²) in [4.78, 5) is 47.3. The van der Waals surface area contributed by atoms with E-state index in [1.54, 1.807) is 32.4 Å². The van der Waals surface area contributed by atoms with Gasteiger partial charge in [0.15, 0.2) is 11.5 Å². The summed E-state index contributed by atoms with van der Waals surface area (Å²) in [5, 5.41) is 3.28. The van der Waals surface area contributed by atoms with E-state index < -0.39 is 11.2 Å². The zero-order chi connectivity index (χ0) is 25.1. The molecule has 2 aromatic carbocycles. The monoisotopic (exact) mass is 493 g/mol. The van der Waals surface area contributed by atoms with Crippen molar-refractivity contribution in [3.05, 3.63) is 69.4 Å². The Morgan fingerprint density at radius 1 is 1.00 bits per heavy atom. The van der Waals surface area contributed by atoms with Crippen LogP contribution in [-0.4, -0.2) is 45.0 Å². The molecule has 11 heteroatoms. The number of hydrogen-bond donors (Lipinski definition) is 1. The lowest BCUT2D eigenvalue weighted by atomic mass is 10.2. The molecule has 0 saturated heterocycles. The van der Waals surface area contributed by atoms with Gasteiger partial charge in [0.25, 0.3) is 5.56 Å². The van der Waals surface area contributed by atoms with Gasteiger partial charge in [-0.2, -0.15) is 0 Å². The van der Waals surface area contributed by atoms with E-state index in [9.17, 15) is 14.4 Å². The Morgan fingerprint density at radius 2 is 1.74 bits per heavy atom. The first-order chi connectivity index (χ1) is 16.8. The molecule has 2 aromatic heterocycles. The summed E-state index contributed by atoms with van der Waals surface area (Å²) < 4.78 is 12.8. The van der Waals surface area contributed by atoms with Crippen LogP contribution in [0.1, 0.15) is 0 Å². The number of aromatic nitrogens is 4. The van der Waals surface area contributed by atoms with E-state index in [0.29, 0.717) is 28.0 Å². The predicted octanol–water partition coefficient (Wildman–Crippen LogP) is 2.44. The van der Waals surface area contributed by atoms with Crippen molar-refractivity contribution in [3.8, 4) is 22.9 Å². The van der Waals surface area contributed by atoms with E-state index in [1.807, 2.05) is 30.3 Å². The Hall–Kier alpha value is -4.12. The molecule has 0 saturated carbocycles. The number of amides is 1. The Bertz CT molecular complexity index is 1530. The van der Waals surface area contributed by atoms with Crippen LogP contribution in [0.4, 0.5) is 5.69 Å². The van der Waals surface area contributed by atoms with Gasteiger partial charge in [-0.05, 0) is 12.1 Å². The number of methoxy groups -OCH3 is 2. The van der Waals surface area contributed by atoms with Gasteiger partial charge in [0.1, 0.15) is 21.9 Å². The van der Waals surface area contributed by atoms with Crippen LogP contribution in [0.25, 0.3) is 22.4 Å². The van der Waals surface area contributed by atoms with Crippen LogP contribution in [0, 0.1) is 0 Å². The Kier molecular flexibility index (Phi) is 6.87. The first-order valence-electron chi connectivity index (χ1n) is 10.5. The minimum atomic E-state index is -0.526. The number of anilines is 1. The lowest BCUT2D eigenvalue weighted by Crippen LogP contribution is -2.37. The van der Waals surface area contributed by atoms with E-state index in [4.69, 9.17) is 9.47 Å². The molecule has 4 rings (SSSR count). The summed E-state index contributed by atoms with van der Waals surface area (Å²) in [5.74, 6) is 1.03. The molecule has 180 valence electrons. The SMILES string of the molecule is COc1ccc(NC(=O)CSc2nc(-c3ccccc3)nc3c2c(=O)n(C)c(=O)n3C)c(OC)c1. The number of thioether (sulfide) groups is 1. The van der Waals surface area contributed by atoms with Gasteiger partial charge in [-0.25, -0.2) is 14.8 Å². The minimum Gasteiger partial charge on any atom is -0.497 e. The van der Waals surface area contributed by atoms with E-state index in [0.717, 1.165) is 21.9 Å². The highest BCUT2D eigenvalue weighted by Gasteiger charge is 2.19. The molecule has 0 radical (unpaired) electrons. The van der Waals surface area contributed by atoms with Crippen LogP contribution < -0.4 is 26.0 Å². The Labute approximate surface area is 204 Å². The highest BCUT2D eigenvalue weighted by Crippen LogP contribution is 2.30. The first-order valence-corrected chi connectivity index (χ1v) is 11.5. The number of aryl methyl sites for hydroxylation is 1. The summed E-state index contributed by atoms with van der Waals surface area (Å²) in [5.41, 5.74) is 0.376. The zero-order valence-electron chi connectivity index (χ0n) is 19.6. The molecular weight excluding hydrogens is 470 g/mol. The number of fused-ring (bicyclic) bond motifs is 1. The van der Waals surface area contributed by atoms with Crippen molar-refractivity contribution in [3.63, 3.8) is 0 Å². The van der Waals surface area contributed by atoms with Gasteiger partial charge in [0, 0.05) is 25.7 Å². The van der Waals surface area contributed by atoms with Crippen LogP contribution in [0.15, 0.2) is 63.1 Å². The fourth-order valence-electron chi connectivity index (χ4n) is 3.47. The Morgan fingerprint density at radius 3 is 2.43 bits per heavy atom. The summed E-state index contributed by atoms with van der Waals surface area (Å²) >= 11 is 1.09. The maximum Gasteiger partial charge on any atom is 0.332 e. The summed E-state index contributed by atoms with van der Waals surface area (Å²) in [7, 11) is 5.98. The van der Waals surface area contributed by atoms with Crippen molar-refractivity contribution >= 4 is 34.4 Å². The quantitative estimate of drug-likeness (QED) is 0.308. The molecule has 0 aliphatic heterocycles. The zero-order valence-corrected chi connectivity index (χ0v) is 20.4. The predicted molar refractivity (Wildman–Crippen MR) is 134 cm³/mol. The molecule has 1 N–H and O–H groups in total. The molecule has 0 fully saturated rings. The van der Waals surface area contributed by atoms with E-state index in [2.05, 4.69) is 15.3 Å². The smallest absolute Gasteiger partial charge is 0.332 e. The van der Waals surface area contributed by atoms with Gasteiger partial charge in [0.2, 0.25) is 5.91 Å². The summed E-state index contributed by atoms with van der Waals surface area (Å²) in [6, 6.07) is 14.3. The van der Waals surface area contributed by atoms with E-state index in [-0.39, 0.29) is 22.7 Å². The van der Waals surface area contributed by atoms with Crippen LogP contribution >= 0.6 is 11.8 Å². The third kappa shape index (κ3) is 4.76. The number of nitrogens with zero attached hydrogens (tertiary/aromatic N) is 4. The van der Waals surface area contributed by atoms with Gasteiger partial charge >= 0.3 is 5.69 Å². The molecule has 35 heavy (non-hydrogen) atoms. The average molecular weight is 494 g/mol. The van der Waals surface area contributed by atoms with Crippen molar-refractivity contribution < 1.29 is 14.3 Å². The second-order valence-electron chi connectivity index (χ2n) is 7.53. The van der Waals surface area contributed by atoms with Crippen molar-refractivity contribution in [1.29, 1.82) is 0 Å². The lowest BCUT2D eigenvalue weighted by molar-refractivity contribution is -0.113. The third-order valence-corrected chi connectivity index (χ3v) is 6.30. The van der Waals surface area contributed by atoms with Gasteiger partial charge in [-0.3, -0.25) is 18.7 Å². The second kappa shape index (κ2) is 10.0. The molecule has 0 bridgehead atoms. The number of ether oxygens (including phenoxy) is 2. The number of nitrogens with one attached hydrogen (secondary N) is 1. The van der Waals surface area contributed by atoms with Crippen LogP contribution in [0.5, 0.6) is 11.5 Å². The van der Waals surface area contributed by atoms with Crippen molar-refractivity contribution in [2.75, 3.05) is 25.3 Å². The van der Waals surface area contributed by atoms with Gasteiger partial charge in [-0.1, -0.05) is 42.1 Å². The normalized spacial score (nSPS) is 10.9. The second-order valence-corrected chi connectivity index (χ2v) is 8.49. The maximum absolute atomic E-state index is 13.0. The van der Waals surface area contributed by atoms with Crippen LogP contribution in [0.3, 0.4) is 0 Å². The number of benzene rings is 2. The number of carbonyl (C=O) groups is 1. The van der Waals surface area contributed by atoms with Gasteiger partial charge in [-0.15, -0.1) is 0 Å². The molecule has 0 aliphatic carbocycles. The standard InChI is InChI=1S/C24H23N5O5S/c1-28-21-19(23(31)29(2)24(28)32)22(27-20(26-21)14-8-6-5-7-9-14)35-13-18(30)25-16-11-10-15(33-3)12-17(16)34-4/h5-12H,13H2,1-4H3,(H,25,30). The van der Waals surface area contributed by atoms with E-state index in [1.165, 1.54) is 18.7 Å². The van der Waals surface area contributed by atoms with Crippen molar-refractivity contribution in [1.82, 2.24) is 19.1 Å². The molecule has 2 heterocycles. The van der Waals surface area contributed by atoms with Crippen molar-refractivity contribution in [2.45, 2.75) is 5.03 Å². The topological polar surface area (TPSA) is 117 Å². The first kappa shape index (κ1) is 24.0. The molecule has 1 amide bonds.